The van der Waals surface area contributed by atoms with Crippen LogP contribution in [-0.4, -0.2) is 59.8 Å². The fourth-order valence-electron chi connectivity index (χ4n) is 7.81. The Bertz CT molecular complexity index is 1480. The zero-order valence-electron chi connectivity index (χ0n) is 20.5. The van der Waals surface area contributed by atoms with Gasteiger partial charge in [0.2, 0.25) is 5.78 Å². The van der Waals surface area contributed by atoms with Gasteiger partial charge < -0.3 is 25.0 Å². The van der Waals surface area contributed by atoms with Crippen molar-refractivity contribution in [2.75, 3.05) is 36.9 Å². The number of Topliss-reactive ketones (excluding diaryl/α,β-unsaturated/α-hetero) is 1. The number of carbonyl (C=O) groups excluding carboxylic acids is 3. The third kappa shape index (κ3) is 2.84. The lowest BCUT2D eigenvalue weighted by atomic mass is 9.61. The van der Waals surface area contributed by atoms with Gasteiger partial charge in [-0.25, -0.2) is 0 Å². The first-order valence-electron chi connectivity index (χ1n) is 12.8. The summed E-state index contributed by atoms with van der Waals surface area (Å²) in [5, 5.41) is 16.9. The number of rotatable bonds is 4. The van der Waals surface area contributed by atoms with Gasteiger partial charge in [-0.1, -0.05) is 18.2 Å². The number of fused-ring (bicyclic) bond motifs is 3. The average molecular weight is 499 g/mol. The number of ketones is 1. The molecule has 4 heterocycles. The Kier molecular flexibility index (Phi) is 4.55. The second-order valence-corrected chi connectivity index (χ2v) is 10.9. The quantitative estimate of drug-likeness (QED) is 0.197. The fraction of sp³-hybridized carbons (Fsp3) is 0.345. The lowest BCUT2D eigenvalue weighted by Gasteiger charge is -2.53. The number of quaternary nitrogens is 1. The van der Waals surface area contributed by atoms with E-state index in [0.717, 1.165) is 42.5 Å². The van der Waals surface area contributed by atoms with Crippen molar-refractivity contribution in [3.63, 3.8) is 0 Å². The van der Waals surface area contributed by atoms with Crippen molar-refractivity contribution >= 4 is 29.4 Å². The highest BCUT2D eigenvalue weighted by molar-refractivity contribution is 6.01. The van der Waals surface area contributed by atoms with E-state index in [9.17, 15) is 19.5 Å². The fourth-order valence-corrected chi connectivity index (χ4v) is 7.81. The Morgan fingerprint density at radius 1 is 1.27 bits per heavy atom. The highest BCUT2D eigenvalue weighted by Crippen LogP contribution is 2.64. The zero-order valence-corrected chi connectivity index (χ0v) is 20.5. The Morgan fingerprint density at radius 2 is 2.14 bits per heavy atom. The number of allylic oxidation sites excluding steroid dienone is 2. The molecule has 1 aliphatic carbocycles. The molecule has 7 rings (SSSR count). The Hall–Kier alpha value is -3.91. The number of hydrogen-bond acceptors (Lipinski definition) is 6. The van der Waals surface area contributed by atoms with E-state index in [1.54, 1.807) is 24.3 Å². The molecule has 37 heavy (non-hydrogen) atoms. The van der Waals surface area contributed by atoms with E-state index >= 15 is 0 Å². The molecule has 1 amide bonds. The number of amides is 1. The molecule has 8 heteroatoms. The number of anilines is 2. The lowest BCUT2D eigenvalue weighted by Crippen LogP contribution is -2.64. The van der Waals surface area contributed by atoms with Gasteiger partial charge in [-0.15, -0.1) is 0 Å². The van der Waals surface area contributed by atoms with Crippen LogP contribution in [0.4, 0.5) is 11.4 Å². The summed E-state index contributed by atoms with van der Waals surface area (Å²) >= 11 is 0. The van der Waals surface area contributed by atoms with E-state index in [1.165, 1.54) is 5.57 Å². The van der Waals surface area contributed by atoms with Crippen molar-refractivity contribution in [1.29, 1.82) is 0 Å². The second kappa shape index (κ2) is 7.55. The van der Waals surface area contributed by atoms with Crippen molar-refractivity contribution in [1.82, 2.24) is 0 Å². The molecule has 2 fully saturated rings. The highest BCUT2D eigenvalue weighted by Gasteiger charge is 2.69. The minimum absolute atomic E-state index is 0.00939. The van der Waals surface area contributed by atoms with Crippen LogP contribution in [0.15, 0.2) is 59.3 Å². The molecule has 3 N–H and O–H groups in total. The summed E-state index contributed by atoms with van der Waals surface area (Å²) in [6, 6.07) is 10.9. The molecule has 5 aliphatic rings. The van der Waals surface area contributed by atoms with Gasteiger partial charge in [0.25, 0.3) is 5.91 Å². The van der Waals surface area contributed by atoms with E-state index < -0.39 is 5.41 Å². The molecule has 188 valence electrons. The van der Waals surface area contributed by atoms with Crippen molar-refractivity contribution in [3.8, 4) is 11.5 Å². The summed E-state index contributed by atoms with van der Waals surface area (Å²) in [4.78, 5) is 38.1. The number of phenols is 1. The second-order valence-electron chi connectivity index (χ2n) is 10.9. The van der Waals surface area contributed by atoms with Crippen LogP contribution < -0.4 is 15.4 Å². The van der Waals surface area contributed by atoms with E-state index in [-0.39, 0.29) is 36.0 Å². The van der Waals surface area contributed by atoms with Crippen molar-refractivity contribution < 1.29 is 28.7 Å². The van der Waals surface area contributed by atoms with Crippen molar-refractivity contribution in [2.24, 2.45) is 5.92 Å². The van der Waals surface area contributed by atoms with E-state index in [0.29, 0.717) is 40.3 Å². The first-order valence-corrected chi connectivity index (χ1v) is 12.8. The molecule has 2 aromatic carbocycles. The summed E-state index contributed by atoms with van der Waals surface area (Å²) < 4.78 is 6.08. The zero-order chi connectivity index (χ0) is 25.5. The predicted octanol–water partition coefficient (Wildman–Crippen LogP) is 3.29. The predicted molar refractivity (Wildman–Crippen MR) is 137 cm³/mol. The number of piperidine rings is 1. The smallest absolute Gasteiger partial charge is 0.262 e. The van der Waals surface area contributed by atoms with Crippen LogP contribution in [0, 0.1) is 5.92 Å². The molecule has 0 unspecified atom stereocenters. The van der Waals surface area contributed by atoms with Gasteiger partial charge in [-0.05, 0) is 42.3 Å². The lowest BCUT2D eigenvalue weighted by molar-refractivity contribution is -0.934. The van der Waals surface area contributed by atoms with Gasteiger partial charge in [0.15, 0.2) is 6.61 Å². The number of carbonyl (C=O) groups is 3. The molecular weight excluding hydrogens is 470 g/mol. The molecule has 4 aliphatic heterocycles. The maximum absolute atomic E-state index is 13.8. The van der Waals surface area contributed by atoms with Crippen LogP contribution in [0.5, 0.6) is 11.5 Å². The number of hydrogen-bond donors (Lipinski definition) is 3. The van der Waals surface area contributed by atoms with Gasteiger partial charge in [0.1, 0.15) is 36.9 Å². The largest absolute Gasteiger partial charge is 0.506 e. The highest BCUT2D eigenvalue weighted by atomic mass is 16.5. The van der Waals surface area contributed by atoms with Crippen LogP contribution in [0.1, 0.15) is 35.7 Å². The number of benzene rings is 2. The summed E-state index contributed by atoms with van der Waals surface area (Å²) in [7, 11) is 0. The first kappa shape index (κ1) is 22.3. The van der Waals surface area contributed by atoms with Crippen LogP contribution in [0.3, 0.4) is 0 Å². The summed E-state index contributed by atoms with van der Waals surface area (Å²) in [6.07, 6.45) is 4.67. The van der Waals surface area contributed by atoms with E-state index in [4.69, 9.17) is 4.74 Å². The van der Waals surface area contributed by atoms with E-state index in [1.807, 2.05) is 13.0 Å². The van der Waals surface area contributed by atoms with Gasteiger partial charge in [0.05, 0.1) is 23.3 Å². The average Bonchev–Trinajstić information content (AvgIpc) is 3.43. The normalized spacial score (nSPS) is 31.6. The molecular formula is C29H28N3O5+. The molecule has 2 saturated heterocycles. The maximum Gasteiger partial charge on any atom is 0.262 e. The summed E-state index contributed by atoms with van der Waals surface area (Å²) in [6.45, 7) is 3.80. The minimum Gasteiger partial charge on any atom is -0.506 e. The molecule has 8 nitrogen and oxygen atoms in total. The van der Waals surface area contributed by atoms with Crippen LogP contribution in [0.25, 0.3) is 0 Å². The number of para-hydroxylation sites is 1. The molecule has 2 bridgehead atoms. The molecule has 0 saturated carbocycles. The molecule has 0 aromatic heterocycles. The Labute approximate surface area is 214 Å². The van der Waals surface area contributed by atoms with Gasteiger partial charge >= 0.3 is 0 Å². The van der Waals surface area contributed by atoms with E-state index in [2.05, 4.69) is 22.8 Å². The molecule has 0 radical (unpaired) electrons. The number of nitrogens with zero attached hydrogens (tertiary/aromatic N) is 1. The summed E-state index contributed by atoms with van der Waals surface area (Å²) in [5.74, 6) is 0.539. The van der Waals surface area contributed by atoms with Crippen LogP contribution in [0.2, 0.25) is 0 Å². The summed E-state index contributed by atoms with van der Waals surface area (Å²) in [5.41, 5.74) is 5.20. The number of aldehydes is 1. The third-order valence-corrected chi connectivity index (χ3v) is 9.36. The van der Waals surface area contributed by atoms with Crippen LogP contribution >= 0.6 is 0 Å². The van der Waals surface area contributed by atoms with Gasteiger partial charge in [-0.2, -0.15) is 0 Å². The SMILES string of the molecule is C/C=C1/C[N@@+]2(CC(=O)c3ccc4c(c3)NC(=O)CO4)CC[C@]34C(=C(C=O)[C@H]1C[C@@H]32)Nc1c(O)cccc14. The number of ether oxygens (including phenoxy) is 1. The minimum atomic E-state index is -0.433. The Balaban J connectivity index is 1.33. The third-order valence-electron chi connectivity index (χ3n) is 9.36. The molecule has 2 aromatic rings. The number of phenolic OH excluding ortho intramolecular Hbond substituents is 1. The van der Waals surface area contributed by atoms with Crippen molar-refractivity contribution in [2.45, 2.75) is 31.2 Å². The van der Waals surface area contributed by atoms with Crippen molar-refractivity contribution in [3.05, 3.63) is 70.4 Å². The monoisotopic (exact) mass is 498 g/mol. The maximum atomic E-state index is 13.8. The van der Waals surface area contributed by atoms with Crippen LogP contribution in [-0.2, 0) is 15.0 Å². The first-order chi connectivity index (χ1) is 17.9. The van der Waals surface area contributed by atoms with Gasteiger partial charge in [-0.3, -0.25) is 14.4 Å². The topological polar surface area (TPSA) is 105 Å². The number of nitrogens with one attached hydrogen (secondary N) is 2. The Morgan fingerprint density at radius 3 is 2.95 bits per heavy atom. The molecule has 4 atom stereocenters. The molecule has 1 spiro atoms. The standard InChI is InChI=1S/C29H27N3O5/c1-2-16-12-32(13-23(35)17-6-7-24-21(10-17)30-26(36)15-37-24)9-8-29-20-4-3-5-22(34)27(20)31-28(29)19(14-33)18(16)11-25(29)32/h2-7,10,14,18,25H,8-9,11-13,15H2,1H3,(H2-,30,31,33,34,36)/p+1/b16-2-/t18-,25-,29+,32+/m0/s1. The number of aromatic hydroxyl groups is 1. The van der Waals surface area contributed by atoms with Gasteiger partial charge in [0, 0.05) is 35.6 Å².